The van der Waals surface area contributed by atoms with Crippen LogP contribution in [-0.4, -0.2) is 17.6 Å². The van der Waals surface area contributed by atoms with Gasteiger partial charge in [0.15, 0.2) is 11.5 Å². The van der Waals surface area contributed by atoms with Crippen LogP contribution in [0.2, 0.25) is 5.02 Å². The summed E-state index contributed by atoms with van der Waals surface area (Å²) >= 11 is 9.97. The van der Waals surface area contributed by atoms with E-state index >= 15 is 0 Å². The van der Waals surface area contributed by atoms with E-state index in [1.165, 1.54) is 30.3 Å². The monoisotopic (exact) mass is 526 g/mol. The number of nitrogens with one attached hydrogen (secondary N) is 1. The molecule has 0 aromatic heterocycles. The van der Waals surface area contributed by atoms with Gasteiger partial charge in [0, 0.05) is 15.7 Å². The van der Waals surface area contributed by atoms with E-state index in [4.69, 9.17) is 21.1 Å². The number of phenolic OH excluding ortho intramolecular Hbond substituents is 1. The summed E-state index contributed by atoms with van der Waals surface area (Å²) in [6, 6.07) is 18.8. The third-order valence-electron chi connectivity index (χ3n) is 4.46. The number of halogens is 2. The lowest BCUT2D eigenvalue weighted by Gasteiger charge is -2.15. The molecule has 168 valence electrons. The minimum Gasteiger partial charge on any atom is -0.508 e. The number of carbonyl (C=O) groups excluding carboxylic acids is 1. The van der Waals surface area contributed by atoms with Crippen LogP contribution in [0.15, 0.2) is 70.7 Å². The van der Waals surface area contributed by atoms with Crippen molar-refractivity contribution < 1.29 is 19.4 Å². The van der Waals surface area contributed by atoms with Gasteiger partial charge in [-0.25, -0.2) is 0 Å². The van der Waals surface area contributed by atoms with Gasteiger partial charge in [-0.1, -0.05) is 45.7 Å². The number of phenols is 1. The number of anilines is 1. The van der Waals surface area contributed by atoms with Gasteiger partial charge in [0.05, 0.1) is 11.6 Å². The Hall–Kier alpha value is -3.47. The Kier molecular flexibility index (Phi) is 8.36. The lowest BCUT2D eigenvalue weighted by molar-refractivity contribution is -0.112. The number of benzene rings is 3. The molecule has 0 aliphatic rings. The van der Waals surface area contributed by atoms with E-state index in [-0.39, 0.29) is 23.0 Å². The maximum absolute atomic E-state index is 12.5. The summed E-state index contributed by atoms with van der Waals surface area (Å²) < 4.78 is 12.6. The van der Waals surface area contributed by atoms with Crippen LogP contribution in [-0.2, 0) is 11.4 Å². The van der Waals surface area contributed by atoms with Gasteiger partial charge in [0.2, 0.25) is 0 Å². The lowest BCUT2D eigenvalue weighted by Crippen LogP contribution is -2.13. The number of aromatic hydroxyl groups is 1. The summed E-state index contributed by atoms with van der Waals surface area (Å²) in [5.41, 5.74) is 1.78. The van der Waals surface area contributed by atoms with Crippen LogP contribution in [0.25, 0.3) is 6.08 Å². The van der Waals surface area contributed by atoms with Crippen molar-refractivity contribution in [3.63, 3.8) is 0 Å². The van der Waals surface area contributed by atoms with Crippen molar-refractivity contribution in [1.82, 2.24) is 0 Å². The van der Waals surface area contributed by atoms with Gasteiger partial charge in [-0.05, 0) is 61.0 Å². The van der Waals surface area contributed by atoms with Crippen molar-refractivity contribution in [1.29, 1.82) is 5.26 Å². The SMILES string of the molecule is CCOc1cc(/C=C(\C#N)C(=O)Nc2ccc(O)cc2)cc(Cl)c1OCc1ccccc1Br. The third kappa shape index (κ3) is 6.51. The number of ether oxygens (including phenoxy) is 2. The summed E-state index contributed by atoms with van der Waals surface area (Å²) in [6.07, 6.45) is 1.42. The van der Waals surface area contributed by atoms with Crippen LogP contribution < -0.4 is 14.8 Å². The van der Waals surface area contributed by atoms with Crippen LogP contribution in [0.4, 0.5) is 5.69 Å². The van der Waals surface area contributed by atoms with Crippen LogP contribution in [0.1, 0.15) is 18.1 Å². The number of amides is 1. The Balaban J connectivity index is 1.85. The largest absolute Gasteiger partial charge is 0.508 e. The van der Waals surface area contributed by atoms with Gasteiger partial charge in [-0.2, -0.15) is 5.26 Å². The van der Waals surface area contributed by atoms with E-state index in [9.17, 15) is 15.2 Å². The van der Waals surface area contributed by atoms with Gasteiger partial charge in [-0.3, -0.25) is 4.79 Å². The zero-order valence-electron chi connectivity index (χ0n) is 17.6. The molecule has 0 aliphatic carbocycles. The highest BCUT2D eigenvalue weighted by Gasteiger charge is 2.15. The molecule has 0 heterocycles. The molecular weight excluding hydrogens is 508 g/mol. The highest BCUT2D eigenvalue weighted by molar-refractivity contribution is 9.10. The number of hydrogen-bond donors (Lipinski definition) is 2. The molecule has 8 heteroatoms. The number of nitrogens with zero attached hydrogens (tertiary/aromatic N) is 1. The molecule has 0 spiro atoms. The summed E-state index contributed by atoms with van der Waals surface area (Å²) in [5.74, 6) is 0.258. The second-order valence-corrected chi connectivity index (χ2v) is 8.08. The number of hydrogen-bond acceptors (Lipinski definition) is 5. The fraction of sp³-hybridized carbons (Fsp3) is 0.120. The molecule has 0 fully saturated rings. The quantitative estimate of drug-likeness (QED) is 0.203. The van der Waals surface area contributed by atoms with Crippen molar-refractivity contribution in [2.75, 3.05) is 11.9 Å². The Bertz CT molecular complexity index is 1220. The van der Waals surface area contributed by atoms with Crippen molar-refractivity contribution in [3.8, 4) is 23.3 Å². The second-order valence-electron chi connectivity index (χ2n) is 6.81. The fourth-order valence-corrected chi connectivity index (χ4v) is 3.57. The number of nitriles is 1. The van der Waals surface area contributed by atoms with Gasteiger partial charge in [0.1, 0.15) is 24.0 Å². The minimum atomic E-state index is -0.591. The molecule has 3 rings (SSSR count). The number of carbonyl (C=O) groups is 1. The molecule has 0 saturated heterocycles. The van der Waals surface area contributed by atoms with E-state index in [1.54, 1.807) is 12.1 Å². The first kappa shape index (κ1) is 24.2. The molecule has 3 aromatic carbocycles. The van der Waals surface area contributed by atoms with Crippen LogP contribution in [0.3, 0.4) is 0 Å². The molecular formula is C25H20BrClN2O4. The molecule has 2 N–H and O–H groups in total. The second kappa shape index (κ2) is 11.4. The molecule has 1 amide bonds. The number of rotatable bonds is 8. The molecule has 0 atom stereocenters. The fourth-order valence-electron chi connectivity index (χ4n) is 2.90. The van der Waals surface area contributed by atoms with Gasteiger partial charge < -0.3 is 19.9 Å². The average Bonchev–Trinajstić information content (AvgIpc) is 2.79. The van der Waals surface area contributed by atoms with Crippen molar-refractivity contribution in [3.05, 3.63) is 86.9 Å². The van der Waals surface area contributed by atoms with E-state index in [1.807, 2.05) is 37.3 Å². The molecule has 33 heavy (non-hydrogen) atoms. The Morgan fingerprint density at radius 1 is 1.18 bits per heavy atom. The van der Waals surface area contributed by atoms with Gasteiger partial charge >= 0.3 is 0 Å². The van der Waals surface area contributed by atoms with E-state index in [2.05, 4.69) is 21.2 Å². The predicted octanol–water partition coefficient (Wildman–Crippen LogP) is 6.33. The van der Waals surface area contributed by atoms with Gasteiger partial charge in [-0.15, -0.1) is 0 Å². The normalized spacial score (nSPS) is 10.9. The average molecular weight is 528 g/mol. The lowest BCUT2D eigenvalue weighted by atomic mass is 10.1. The van der Waals surface area contributed by atoms with Crippen LogP contribution in [0.5, 0.6) is 17.2 Å². The highest BCUT2D eigenvalue weighted by atomic mass is 79.9. The first-order valence-electron chi connectivity index (χ1n) is 9.96. The Morgan fingerprint density at radius 2 is 1.91 bits per heavy atom. The topological polar surface area (TPSA) is 91.6 Å². The third-order valence-corrected chi connectivity index (χ3v) is 5.52. The highest BCUT2D eigenvalue weighted by Crippen LogP contribution is 2.38. The zero-order chi connectivity index (χ0) is 23.8. The molecule has 6 nitrogen and oxygen atoms in total. The first-order valence-corrected chi connectivity index (χ1v) is 11.1. The molecule has 0 saturated carbocycles. The van der Waals surface area contributed by atoms with Crippen molar-refractivity contribution in [2.24, 2.45) is 0 Å². The maximum Gasteiger partial charge on any atom is 0.266 e. The molecule has 3 aromatic rings. The predicted molar refractivity (Wildman–Crippen MR) is 131 cm³/mol. The summed E-state index contributed by atoms with van der Waals surface area (Å²) in [4.78, 5) is 12.5. The van der Waals surface area contributed by atoms with Gasteiger partial charge in [0.25, 0.3) is 5.91 Å². The van der Waals surface area contributed by atoms with E-state index in [0.29, 0.717) is 29.4 Å². The summed E-state index contributed by atoms with van der Waals surface area (Å²) in [7, 11) is 0. The van der Waals surface area contributed by atoms with Crippen LogP contribution >= 0.6 is 27.5 Å². The standard InChI is InChI=1S/C25H20BrClN2O4/c1-2-32-23-13-16(11-18(14-28)25(31)29-19-7-9-20(30)10-8-19)12-22(27)24(23)33-15-17-5-3-4-6-21(17)26/h3-13,30H,2,15H2,1H3,(H,29,31)/b18-11+. The van der Waals surface area contributed by atoms with E-state index < -0.39 is 5.91 Å². The molecule has 0 unspecified atom stereocenters. The first-order chi connectivity index (χ1) is 15.9. The maximum atomic E-state index is 12.5. The Labute approximate surface area is 205 Å². The minimum absolute atomic E-state index is 0.0732. The summed E-state index contributed by atoms with van der Waals surface area (Å²) in [5, 5.41) is 21.8. The molecule has 0 aliphatic heterocycles. The van der Waals surface area contributed by atoms with Crippen molar-refractivity contribution >= 4 is 45.2 Å². The van der Waals surface area contributed by atoms with Crippen molar-refractivity contribution in [2.45, 2.75) is 13.5 Å². The summed E-state index contributed by atoms with van der Waals surface area (Å²) in [6.45, 7) is 2.48. The smallest absolute Gasteiger partial charge is 0.266 e. The van der Waals surface area contributed by atoms with E-state index in [0.717, 1.165) is 10.0 Å². The Morgan fingerprint density at radius 3 is 2.58 bits per heavy atom. The zero-order valence-corrected chi connectivity index (χ0v) is 20.0. The molecule has 0 bridgehead atoms. The molecule has 0 radical (unpaired) electrons. The van der Waals surface area contributed by atoms with Crippen LogP contribution in [0, 0.1) is 11.3 Å².